The average Bonchev–Trinajstić information content (AvgIpc) is 2.99. The Bertz CT molecular complexity index is 394. The van der Waals surface area contributed by atoms with Crippen LogP contribution in [-0.2, 0) is 0 Å². The molecule has 5 rings (SSSR count). The number of fused-ring (bicyclic) bond motifs is 12. The van der Waals surface area contributed by atoms with E-state index in [0.29, 0.717) is 23.7 Å². The fourth-order valence-electron chi connectivity index (χ4n) is 7.30. The van der Waals surface area contributed by atoms with Gasteiger partial charge in [-0.05, 0) is 74.0 Å². The molecule has 0 spiro atoms. The molecule has 0 amide bonds. The number of hydrogen-bond acceptors (Lipinski definition) is 2. The molecule has 2 heteroatoms. The van der Waals surface area contributed by atoms with Crippen LogP contribution in [0.2, 0.25) is 0 Å². The largest absolute Gasteiger partial charge is 0.387 e. The third kappa shape index (κ3) is 0.779. The van der Waals surface area contributed by atoms with Gasteiger partial charge in [0.25, 0.3) is 0 Å². The Balaban J connectivity index is 1.69. The Morgan fingerprint density at radius 1 is 0.941 bits per heavy atom. The molecular weight excluding hydrogens is 212 g/mol. The van der Waals surface area contributed by atoms with E-state index >= 15 is 0 Å². The van der Waals surface area contributed by atoms with Crippen LogP contribution in [-0.4, -0.2) is 21.4 Å². The predicted molar refractivity (Wildman–Crippen MR) is 63.2 cm³/mol. The molecule has 5 fully saturated rings. The Morgan fingerprint density at radius 3 is 2.71 bits per heavy atom. The van der Waals surface area contributed by atoms with Crippen molar-refractivity contribution in [2.24, 2.45) is 35.5 Å². The van der Waals surface area contributed by atoms with Crippen molar-refractivity contribution in [1.82, 2.24) is 0 Å². The van der Waals surface area contributed by atoms with E-state index in [4.69, 9.17) is 0 Å². The number of hydrogen-bond donors (Lipinski definition) is 2. The summed E-state index contributed by atoms with van der Waals surface area (Å²) in [5.41, 5.74) is -1.37. The highest BCUT2D eigenvalue weighted by Crippen LogP contribution is 2.75. The van der Waals surface area contributed by atoms with E-state index in [-0.39, 0.29) is 0 Å². The zero-order chi connectivity index (χ0) is 11.4. The second kappa shape index (κ2) is 2.60. The second-order valence-corrected chi connectivity index (χ2v) is 7.61. The molecule has 5 saturated carbocycles. The summed E-state index contributed by atoms with van der Waals surface area (Å²) in [7, 11) is 0. The zero-order valence-electron chi connectivity index (χ0n) is 10.3. The number of aliphatic hydroxyl groups is 2. The summed E-state index contributed by atoms with van der Waals surface area (Å²) < 4.78 is 0. The van der Waals surface area contributed by atoms with E-state index < -0.39 is 11.2 Å². The summed E-state index contributed by atoms with van der Waals surface area (Å²) in [6, 6.07) is 0. The van der Waals surface area contributed by atoms with Crippen LogP contribution < -0.4 is 0 Å². The maximum atomic E-state index is 11.3. The van der Waals surface area contributed by atoms with Gasteiger partial charge in [-0.3, -0.25) is 0 Å². The van der Waals surface area contributed by atoms with E-state index in [1.807, 2.05) is 0 Å². The van der Waals surface area contributed by atoms with Gasteiger partial charge in [-0.15, -0.1) is 0 Å². The third-order valence-corrected chi connectivity index (χ3v) is 7.55. The van der Waals surface area contributed by atoms with Crippen molar-refractivity contribution in [3.8, 4) is 0 Å². The molecule has 17 heavy (non-hydrogen) atoms. The first kappa shape index (κ1) is 9.80. The molecule has 4 bridgehead atoms. The van der Waals surface area contributed by atoms with Crippen molar-refractivity contribution in [2.45, 2.75) is 56.1 Å². The van der Waals surface area contributed by atoms with Gasteiger partial charge in [-0.25, -0.2) is 0 Å². The lowest BCUT2D eigenvalue weighted by Gasteiger charge is -2.51. The fourth-order valence-corrected chi connectivity index (χ4v) is 7.30. The summed E-state index contributed by atoms with van der Waals surface area (Å²) >= 11 is 0. The first-order chi connectivity index (χ1) is 8.16. The standard InChI is InChI=1S/C15H22O2/c16-14-7-11(10-2-1-3-12(10)14)13-8-4-5-9(6-8)15(13,14)17/h8-13,16-17H,1-7H2. The minimum Gasteiger partial charge on any atom is -0.387 e. The summed E-state index contributed by atoms with van der Waals surface area (Å²) in [5, 5.41) is 22.5. The molecule has 8 unspecified atom stereocenters. The zero-order valence-corrected chi connectivity index (χ0v) is 10.3. The van der Waals surface area contributed by atoms with Crippen molar-refractivity contribution in [3.05, 3.63) is 0 Å². The first-order valence-electron chi connectivity index (χ1n) is 7.61. The smallest absolute Gasteiger partial charge is 0.0997 e. The molecule has 0 heterocycles. The predicted octanol–water partition coefficient (Wildman–Crippen LogP) is 1.94. The van der Waals surface area contributed by atoms with Crippen LogP contribution in [0.25, 0.3) is 0 Å². The van der Waals surface area contributed by atoms with Gasteiger partial charge in [0.2, 0.25) is 0 Å². The molecule has 5 aliphatic rings. The summed E-state index contributed by atoms with van der Waals surface area (Å²) in [5.74, 6) is 3.48. The molecular formula is C15H22O2. The molecule has 0 aromatic heterocycles. The van der Waals surface area contributed by atoms with E-state index in [0.717, 1.165) is 18.3 Å². The van der Waals surface area contributed by atoms with E-state index in [2.05, 4.69) is 0 Å². The van der Waals surface area contributed by atoms with Gasteiger partial charge in [0, 0.05) is 0 Å². The van der Waals surface area contributed by atoms with Crippen LogP contribution in [0.4, 0.5) is 0 Å². The maximum Gasteiger partial charge on any atom is 0.0997 e. The monoisotopic (exact) mass is 234 g/mol. The lowest BCUT2D eigenvalue weighted by atomic mass is 9.59. The minimum atomic E-state index is -0.691. The van der Waals surface area contributed by atoms with Crippen molar-refractivity contribution >= 4 is 0 Å². The third-order valence-electron chi connectivity index (χ3n) is 7.55. The van der Waals surface area contributed by atoms with E-state index in [1.54, 1.807) is 0 Å². The van der Waals surface area contributed by atoms with Gasteiger partial charge in [-0.2, -0.15) is 0 Å². The van der Waals surface area contributed by atoms with Crippen molar-refractivity contribution < 1.29 is 10.2 Å². The Kier molecular flexibility index (Phi) is 1.50. The Labute approximate surface area is 102 Å². The van der Waals surface area contributed by atoms with Crippen LogP contribution >= 0.6 is 0 Å². The first-order valence-corrected chi connectivity index (χ1v) is 7.61. The van der Waals surface area contributed by atoms with Gasteiger partial charge in [0.05, 0.1) is 11.2 Å². The summed E-state index contributed by atoms with van der Waals surface area (Å²) in [4.78, 5) is 0. The SMILES string of the molecule is OC12CC(C3CCCC31)C1C3CCC(C3)C12O. The second-order valence-electron chi connectivity index (χ2n) is 7.61. The van der Waals surface area contributed by atoms with Gasteiger partial charge in [0.1, 0.15) is 0 Å². The van der Waals surface area contributed by atoms with Crippen LogP contribution in [0.15, 0.2) is 0 Å². The molecule has 2 nitrogen and oxygen atoms in total. The van der Waals surface area contributed by atoms with Gasteiger partial charge >= 0.3 is 0 Å². The van der Waals surface area contributed by atoms with Crippen molar-refractivity contribution in [3.63, 3.8) is 0 Å². The van der Waals surface area contributed by atoms with Crippen LogP contribution in [0.5, 0.6) is 0 Å². The normalized spacial score (nSPS) is 70.9. The average molecular weight is 234 g/mol. The molecule has 0 saturated heterocycles. The van der Waals surface area contributed by atoms with Crippen molar-refractivity contribution in [1.29, 1.82) is 0 Å². The lowest BCUT2D eigenvalue weighted by Crippen LogP contribution is -2.62. The van der Waals surface area contributed by atoms with E-state index in [1.165, 1.54) is 38.5 Å². The lowest BCUT2D eigenvalue weighted by molar-refractivity contribution is -0.214. The molecule has 5 aliphatic carbocycles. The van der Waals surface area contributed by atoms with Crippen LogP contribution in [0, 0.1) is 35.5 Å². The molecule has 0 aromatic carbocycles. The highest BCUT2D eigenvalue weighted by atomic mass is 16.4. The van der Waals surface area contributed by atoms with Crippen molar-refractivity contribution in [2.75, 3.05) is 0 Å². The van der Waals surface area contributed by atoms with Crippen LogP contribution in [0.3, 0.4) is 0 Å². The molecule has 94 valence electrons. The van der Waals surface area contributed by atoms with E-state index in [9.17, 15) is 10.2 Å². The maximum absolute atomic E-state index is 11.3. The Hall–Kier alpha value is -0.0800. The highest BCUT2D eigenvalue weighted by Gasteiger charge is 2.80. The molecule has 2 N–H and O–H groups in total. The molecule has 0 aliphatic heterocycles. The molecule has 8 atom stereocenters. The minimum absolute atomic E-state index is 0.425. The number of rotatable bonds is 0. The highest BCUT2D eigenvalue weighted by molar-refractivity contribution is 5.29. The molecule has 0 aromatic rings. The summed E-state index contributed by atoms with van der Waals surface area (Å²) in [6.07, 6.45) is 8.40. The van der Waals surface area contributed by atoms with Gasteiger partial charge < -0.3 is 10.2 Å². The van der Waals surface area contributed by atoms with Crippen LogP contribution in [0.1, 0.15) is 44.9 Å². The van der Waals surface area contributed by atoms with Gasteiger partial charge in [0.15, 0.2) is 0 Å². The fraction of sp³-hybridized carbons (Fsp3) is 1.00. The summed E-state index contributed by atoms with van der Waals surface area (Å²) in [6.45, 7) is 0. The molecule has 0 radical (unpaired) electrons. The topological polar surface area (TPSA) is 40.5 Å². The quantitative estimate of drug-likeness (QED) is 0.629. The Morgan fingerprint density at radius 2 is 1.82 bits per heavy atom. The van der Waals surface area contributed by atoms with Gasteiger partial charge in [-0.1, -0.05) is 6.42 Å².